The van der Waals surface area contributed by atoms with E-state index in [9.17, 15) is 4.79 Å². The third-order valence-electron chi connectivity index (χ3n) is 2.28. The Morgan fingerprint density at radius 3 is 2.83 bits per heavy atom. The lowest BCUT2D eigenvalue weighted by Gasteiger charge is -2.07. The fraction of sp³-hybridized carbons (Fsp3) is 0.167. The number of hydrogen-bond donors (Lipinski definition) is 1. The van der Waals surface area contributed by atoms with E-state index >= 15 is 0 Å². The summed E-state index contributed by atoms with van der Waals surface area (Å²) in [6.07, 6.45) is 0. The van der Waals surface area contributed by atoms with Gasteiger partial charge >= 0.3 is 0 Å². The first-order valence-corrected chi connectivity index (χ1v) is 5.97. The van der Waals surface area contributed by atoms with Crippen molar-refractivity contribution < 1.29 is 14.1 Å². The second-order valence-electron chi connectivity index (χ2n) is 3.62. The molecule has 0 aliphatic rings. The summed E-state index contributed by atoms with van der Waals surface area (Å²) in [7, 11) is 1.51. The molecule has 1 aromatic heterocycles. The average Bonchev–Trinajstić information content (AvgIpc) is 2.74. The molecule has 5 nitrogen and oxygen atoms in total. The van der Waals surface area contributed by atoms with Gasteiger partial charge in [0.2, 0.25) is 0 Å². The van der Waals surface area contributed by atoms with Crippen LogP contribution in [0, 0.1) is 6.92 Å². The number of rotatable bonds is 3. The van der Waals surface area contributed by atoms with Crippen LogP contribution in [0.2, 0.25) is 0 Å². The molecule has 1 amide bonds. The monoisotopic (exact) mass is 310 g/mol. The van der Waals surface area contributed by atoms with E-state index in [0.29, 0.717) is 22.9 Å². The molecule has 1 heterocycles. The third-order valence-corrected chi connectivity index (χ3v) is 2.77. The van der Waals surface area contributed by atoms with E-state index in [0.717, 1.165) is 4.47 Å². The smallest absolute Gasteiger partial charge is 0.260 e. The number of methoxy groups -OCH3 is 1. The highest BCUT2D eigenvalue weighted by Gasteiger charge is 2.14. The van der Waals surface area contributed by atoms with E-state index in [2.05, 4.69) is 26.4 Å². The van der Waals surface area contributed by atoms with Gasteiger partial charge in [0.1, 0.15) is 11.5 Å². The molecule has 18 heavy (non-hydrogen) atoms. The Hall–Kier alpha value is -1.82. The van der Waals surface area contributed by atoms with Crippen LogP contribution in [0.5, 0.6) is 5.75 Å². The molecule has 1 N–H and O–H groups in total. The van der Waals surface area contributed by atoms with Crippen LogP contribution in [0.3, 0.4) is 0 Å². The van der Waals surface area contributed by atoms with Gasteiger partial charge in [-0.15, -0.1) is 0 Å². The predicted octanol–water partition coefficient (Wildman–Crippen LogP) is 3.01. The van der Waals surface area contributed by atoms with Crippen molar-refractivity contribution in [2.24, 2.45) is 0 Å². The van der Waals surface area contributed by atoms with Crippen LogP contribution in [-0.4, -0.2) is 18.2 Å². The van der Waals surface area contributed by atoms with E-state index in [1.807, 2.05) is 0 Å². The molecule has 0 aliphatic carbocycles. The molecule has 0 saturated carbocycles. The van der Waals surface area contributed by atoms with Gasteiger partial charge in [-0.1, -0.05) is 21.1 Å². The van der Waals surface area contributed by atoms with Crippen molar-refractivity contribution in [3.63, 3.8) is 0 Å². The number of anilines is 1. The Bertz CT molecular complexity index is 580. The summed E-state index contributed by atoms with van der Waals surface area (Å²) in [5.41, 5.74) is 0.424. The van der Waals surface area contributed by atoms with Crippen LogP contribution in [0.15, 0.2) is 33.3 Å². The number of aromatic nitrogens is 1. The first-order chi connectivity index (χ1) is 8.60. The van der Waals surface area contributed by atoms with Gasteiger partial charge in [-0.25, -0.2) is 0 Å². The van der Waals surface area contributed by atoms with Gasteiger partial charge in [0.05, 0.1) is 12.7 Å². The topological polar surface area (TPSA) is 64.4 Å². The highest BCUT2D eigenvalue weighted by atomic mass is 79.9. The molecule has 6 heteroatoms. The summed E-state index contributed by atoms with van der Waals surface area (Å²) in [5.74, 6) is 1.20. The lowest BCUT2D eigenvalue weighted by atomic mass is 10.2. The van der Waals surface area contributed by atoms with Crippen LogP contribution < -0.4 is 10.1 Å². The molecule has 0 atom stereocenters. The van der Waals surface area contributed by atoms with Crippen molar-refractivity contribution in [2.45, 2.75) is 6.92 Å². The number of benzene rings is 1. The SMILES string of the molecule is COc1ccc(Br)cc1C(=O)Nc1cc(C)on1. The van der Waals surface area contributed by atoms with E-state index in [4.69, 9.17) is 9.26 Å². The molecule has 0 bridgehead atoms. The van der Waals surface area contributed by atoms with Gasteiger partial charge in [0, 0.05) is 10.5 Å². The summed E-state index contributed by atoms with van der Waals surface area (Å²) < 4.78 is 10.8. The zero-order chi connectivity index (χ0) is 13.1. The van der Waals surface area contributed by atoms with Crippen molar-refractivity contribution in [3.8, 4) is 5.75 Å². The minimum absolute atomic E-state index is 0.304. The lowest BCUT2D eigenvalue weighted by Crippen LogP contribution is -2.13. The van der Waals surface area contributed by atoms with Crippen LogP contribution in [0.1, 0.15) is 16.1 Å². The second-order valence-corrected chi connectivity index (χ2v) is 4.54. The Kier molecular flexibility index (Phi) is 3.66. The van der Waals surface area contributed by atoms with Crippen LogP contribution in [0.4, 0.5) is 5.82 Å². The summed E-state index contributed by atoms with van der Waals surface area (Å²) in [6.45, 7) is 1.75. The van der Waals surface area contributed by atoms with Gasteiger partial charge < -0.3 is 14.6 Å². The van der Waals surface area contributed by atoms with Gasteiger partial charge in [-0.2, -0.15) is 0 Å². The Labute approximate surface area is 112 Å². The van der Waals surface area contributed by atoms with E-state index in [1.165, 1.54) is 7.11 Å². The van der Waals surface area contributed by atoms with Crippen molar-refractivity contribution in [1.29, 1.82) is 0 Å². The first kappa shape index (κ1) is 12.6. The summed E-state index contributed by atoms with van der Waals surface area (Å²) in [4.78, 5) is 12.1. The number of hydrogen-bond acceptors (Lipinski definition) is 4. The van der Waals surface area contributed by atoms with E-state index in [1.54, 1.807) is 31.2 Å². The standard InChI is InChI=1S/C12H11BrN2O3/c1-7-5-11(15-18-7)14-12(16)9-6-8(13)3-4-10(9)17-2/h3-6H,1-2H3,(H,14,15,16). The minimum Gasteiger partial charge on any atom is -0.496 e. The molecule has 2 aromatic rings. The highest BCUT2D eigenvalue weighted by molar-refractivity contribution is 9.10. The number of ether oxygens (including phenoxy) is 1. The number of amides is 1. The molecule has 2 rings (SSSR count). The maximum Gasteiger partial charge on any atom is 0.260 e. The molecule has 0 fully saturated rings. The van der Waals surface area contributed by atoms with Gasteiger partial charge in [0.15, 0.2) is 5.82 Å². The Morgan fingerprint density at radius 2 is 2.22 bits per heavy atom. The van der Waals surface area contributed by atoms with Gasteiger partial charge in [-0.05, 0) is 25.1 Å². The second kappa shape index (κ2) is 5.22. The maximum atomic E-state index is 12.1. The zero-order valence-corrected chi connectivity index (χ0v) is 11.4. The molecule has 0 aliphatic heterocycles. The molecule has 1 aromatic carbocycles. The van der Waals surface area contributed by atoms with Crippen LogP contribution in [-0.2, 0) is 0 Å². The summed E-state index contributed by atoms with van der Waals surface area (Å²) >= 11 is 3.31. The summed E-state index contributed by atoms with van der Waals surface area (Å²) in [5, 5.41) is 6.34. The zero-order valence-electron chi connectivity index (χ0n) is 9.86. The first-order valence-electron chi connectivity index (χ1n) is 5.18. The Morgan fingerprint density at radius 1 is 1.44 bits per heavy atom. The molecule has 0 saturated heterocycles. The van der Waals surface area contributed by atoms with Crippen molar-refractivity contribution in [1.82, 2.24) is 5.16 Å². The fourth-order valence-electron chi connectivity index (χ4n) is 1.47. The normalized spacial score (nSPS) is 10.2. The number of nitrogens with zero attached hydrogens (tertiary/aromatic N) is 1. The number of nitrogens with one attached hydrogen (secondary N) is 1. The molecular formula is C12H11BrN2O3. The van der Waals surface area contributed by atoms with Crippen LogP contribution >= 0.6 is 15.9 Å². The molecule has 94 valence electrons. The number of carbonyl (C=O) groups excluding carboxylic acids is 1. The molecule has 0 unspecified atom stereocenters. The molecular weight excluding hydrogens is 300 g/mol. The highest BCUT2D eigenvalue weighted by Crippen LogP contribution is 2.23. The number of halogens is 1. The quantitative estimate of drug-likeness (QED) is 0.946. The van der Waals surface area contributed by atoms with Crippen molar-refractivity contribution >= 4 is 27.7 Å². The van der Waals surface area contributed by atoms with E-state index < -0.39 is 0 Å². The minimum atomic E-state index is -0.304. The average molecular weight is 311 g/mol. The molecule has 0 spiro atoms. The fourth-order valence-corrected chi connectivity index (χ4v) is 1.83. The van der Waals surface area contributed by atoms with Gasteiger partial charge in [0.25, 0.3) is 5.91 Å². The van der Waals surface area contributed by atoms with Crippen molar-refractivity contribution in [2.75, 3.05) is 12.4 Å². The predicted molar refractivity (Wildman–Crippen MR) is 69.9 cm³/mol. The van der Waals surface area contributed by atoms with Crippen molar-refractivity contribution in [3.05, 3.63) is 40.1 Å². The Balaban J connectivity index is 2.25. The molecule has 0 radical (unpaired) electrons. The third kappa shape index (κ3) is 2.70. The number of carbonyl (C=O) groups is 1. The van der Waals surface area contributed by atoms with Crippen LogP contribution in [0.25, 0.3) is 0 Å². The van der Waals surface area contributed by atoms with E-state index in [-0.39, 0.29) is 5.91 Å². The lowest BCUT2D eigenvalue weighted by molar-refractivity contribution is 0.102. The summed E-state index contributed by atoms with van der Waals surface area (Å²) in [6, 6.07) is 6.84. The largest absolute Gasteiger partial charge is 0.496 e. The number of aryl methyl sites for hydroxylation is 1. The van der Waals surface area contributed by atoms with Gasteiger partial charge in [-0.3, -0.25) is 4.79 Å². The maximum absolute atomic E-state index is 12.1.